The minimum atomic E-state index is -5.25. The topological polar surface area (TPSA) is 143 Å². The fourth-order valence-electron chi connectivity index (χ4n) is 5.00. The lowest BCUT2D eigenvalue weighted by molar-refractivity contribution is -0.269. The molecule has 240 valence electrons. The van der Waals surface area contributed by atoms with Gasteiger partial charge >= 0.3 is 6.18 Å². The number of aromatic nitrogens is 3. The molecule has 0 aliphatic heterocycles. The molecule has 0 spiro atoms. The molecule has 1 unspecified atom stereocenters. The number of benzene rings is 2. The van der Waals surface area contributed by atoms with Gasteiger partial charge in [0.2, 0.25) is 5.91 Å². The van der Waals surface area contributed by atoms with Crippen molar-refractivity contribution in [3.8, 4) is 11.8 Å². The van der Waals surface area contributed by atoms with Gasteiger partial charge in [0.05, 0.1) is 35.3 Å². The SMILES string of the molecule is COc1cc(C)c2[nH]ccc2c1C(OCC(=O)NNC(C)=O)(c1nc2cc(C#N)ccc2n1COCC[Si](C)(C)C)C(F)(F)F. The number of H-pyrrole nitrogens is 1. The molecule has 4 aromatic rings. The Hall–Kier alpha value is -4.39. The van der Waals surface area contributed by atoms with Crippen LogP contribution in [0.25, 0.3) is 21.9 Å². The number of rotatable bonds is 11. The van der Waals surface area contributed by atoms with E-state index in [0.29, 0.717) is 17.7 Å². The number of hydrogen-bond acceptors (Lipinski definition) is 7. The van der Waals surface area contributed by atoms with Crippen LogP contribution in [0.5, 0.6) is 5.75 Å². The lowest BCUT2D eigenvalue weighted by Crippen LogP contribution is -2.51. The van der Waals surface area contributed by atoms with Crippen molar-refractivity contribution in [2.45, 2.75) is 58.0 Å². The molecule has 0 bridgehead atoms. The van der Waals surface area contributed by atoms with E-state index in [1.165, 1.54) is 48.2 Å². The molecule has 3 N–H and O–H groups in total. The first-order valence-electron chi connectivity index (χ1n) is 14.0. The summed E-state index contributed by atoms with van der Waals surface area (Å²) >= 11 is 0. The molecule has 2 heterocycles. The van der Waals surface area contributed by atoms with Crippen molar-refractivity contribution in [1.82, 2.24) is 25.4 Å². The first kappa shape index (κ1) is 33.5. The molecule has 0 aliphatic carbocycles. The van der Waals surface area contributed by atoms with Crippen LogP contribution in [0, 0.1) is 18.3 Å². The molecule has 0 saturated carbocycles. The number of nitrogens with one attached hydrogen (secondary N) is 3. The van der Waals surface area contributed by atoms with E-state index in [1.54, 1.807) is 6.92 Å². The largest absolute Gasteiger partial charge is 0.496 e. The number of aryl methyl sites for hydroxylation is 1. The van der Waals surface area contributed by atoms with Crippen LogP contribution >= 0.6 is 0 Å². The predicted molar refractivity (Wildman–Crippen MR) is 163 cm³/mol. The zero-order chi connectivity index (χ0) is 33.2. The summed E-state index contributed by atoms with van der Waals surface area (Å²) in [4.78, 5) is 31.5. The third-order valence-corrected chi connectivity index (χ3v) is 8.89. The Morgan fingerprint density at radius 2 is 1.89 bits per heavy atom. The summed E-state index contributed by atoms with van der Waals surface area (Å²) in [5.41, 5.74) is 1.78. The lowest BCUT2D eigenvalue weighted by Gasteiger charge is -2.37. The number of carbonyl (C=O) groups is 2. The van der Waals surface area contributed by atoms with Crippen LogP contribution in [0.2, 0.25) is 25.7 Å². The van der Waals surface area contributed by atoms with Crippen molar-refractivity contribution in [3.05, 3.63) is 59.0 Å². The standard InChI is InChI=1S/C30H35F3N6O5Si/c1-18-13-24(42-3)26(21-9-10-35-27(18)21)29(30(31,32)33,44-16-25(41)38-37-19(2)40)28-36-22-14-20(15-34)7-8-23(22)39(28)17-43-11-12-45(4,5)6/h7-10,13-14,35H,11-12,16-17H2,1-6H3,(H,37,40)(H,38,41). The number of imidazole rings is 1. The van der Waals surface area contributed by atoms with Gasteiger partial charge in [0.25, 0.3) is 11.5 Å². The van der Waals surface area contributed by atoms with Crippen molar-refractivity contribution in [1.29, 1.82) is 5.26 Å². The van der Waals surface area contributed by atoms with Crippen LogP contribution in [0.15, 0.2) is 36.5 Å². The second-order valence-electron chi connectivity index (χ2n) is 11.8. The molecule has 2 aromatic heterocycles. The summed E-state index contributed by atoms with van der Waals surface area (Å²) in [6.45, 7) is 8.13. The van der Waals surface area contributed by atoms with Crippen molar-refractivity contribution in [3.63, 3.8) is 0 Å². The molecule has 11 nitrogen and oxygen atoms in total. The van der Waals surface area contributed by atoms with Gasteiger partial charge in [-0.1, -0.05) is 19.6 Å². The van der Waals surface area contributed by atoms with Gasteiger partial charge in [-0.15, -0.1) is 0 Å². The molecule has 0 fully saturated rings. The molecule has 0 saturated heterocycles. The molecule has 2 aromatic carbocycles. The van der Waals surface area contributed by atoms with E-state index in [0.717, 1.165) is 13.0 Å². The molecule has 45 heavy (non-hydrogen) atoms. The molecular formula is C30H35F3N6O5Si. The van der Waals surface area contributed by atoms with Crippen LogP contribution in [-0.2, 0) is 31.4 Å². The monoisotopic (exact) mass is 644 g/mol. The summed E-state index contributed by atoms with van der Waals surface area (Å²) in [6, 6.07) is 10.00. The number of methoxy groups -OCH3 is 1. The molecule has 4 rings (SSSR count). The Morgan fingerprint density at radius 1 is 1.16 bits per heavy atom. The van der Waals surface area contributed by atoms with Crippen molar-refractivity contribution in [2.24, 2.45) is 0 Å². The van der Waals surface area contributed by atoms with Crippen LogP contribution in [-0.4, -0.2) is 60.9 Å². The van der Waals surface area contributed by atoms with Gasteiger partial charge in [-0.25, -0.2) is 4.98 Å². The number of fused-ring (bicyclic) bond motifs is 2. The molecule has 15 heteroatoms. The second kappa shape index (κ2) is 12.9. The van der Waals surface area contributed by atoms with Gasteiger partial charge < -0.3 is 23.8 Å². The van der Waals surface area contributed by atoms with Gasteiger partial charge in [0.1, 0.15) is 19.1 Å². The minimum absolute atomic E-state index is 0.0918. The van der Waals surface area contributed by atoms with E-state index in [1.807, 2.05) is 16.9 Å². The molecular weight excluding hydrogens is 609 g/mol. The number of nitriles is 1. The second-order valence-corrected chi connectivity index (χ2v) is 17.4. The van der Waals surface area contributed by atoms with E-state index >= 15 is 13.2 Å². The number of hydrazine groups is 1. The van der Waals surface area contributed by atoms with E-state index in [-0.39, 0.29) is 34.5 Å². The van der Waals surface area contributed by atoms with Gasteiger partial charge in [0.15, 0.2) is 5.82 Å². The normalized spacial score (nSPS) is 13.4. The number of alkyl halides is 3. The van der Waals surface area contributed by atoms with Gasteiger partial charge in [0, 0.05) is 38.7 Å². The maximum atomic E-state index is 16.0. The maximum absolute atomic E-state index is 16.0. The maximum Gasteiger partial charge on any atom is 0.429 e. The number of halogens is 3. The highest BCUT2D eigenvalue weighted by molar-refractivity contribution is 6.76. The Bertz CT molecular complexity index is 1770. The number of carbonyl (C=O) groups excluding carboxylic acids is 2. The zero-order valence-corrected chi connectivity index (χ0v) is 26.8. The molecule has 0 aliphatic rings. The number of hydrogen-bond donors (Lipinski definition) is 3. The van der Waals surface area contributed by atoms with E-state index in [2.05, 4.69) is 29.6 Å². The summed E-state index contributed by atoms with van der Waals surface area (Å²) in [5.74, 6) is -2.47. The van der Waals surface area contributed by atoms with Crippen molar-refractivity contribution >= 4 is 41.8 Å². The molecule has 1 atom stereocenters. The van der Waals surface area contributed by atoms with Gasteiger partial charge in [-0.05, 0) is 48.9 Å². The molecule has 0 radical (unpaired) electrons. The van der Waals surface area contributed by atoms with Crippen LogP contribution in [0.3, 0.4) is 0 Å². The van der Waals surface area contributed by atoms with Crippen LogP contribution in [0.1, 0.15) is 29.4 Å². The Labute approximate surface area is 258 Å². The van der Waals surface area contributed by atoms with E-state index < -0.39 is 49.7 Å². The third-order valence-electron chi connectivity index (χ3n) is 7.18. The van der Waals surface area contributed by atoms with Gasteiger partial charge in [-0.2, -0.15) is 18.4 Å². The first-order chi connectivity index (χ1) is 21.1. The number of aromatic amines is 1. The minimum Gasteiger partial charge on any atom is -0.496 e. The first-order valence-corrected chi connectivity index (χ1v) is 17.7. The smallest absolute Gasteiger partial charge is 0.429 e. The zero-order valence-electron chi connectivity index (χ0n) is 25.8. The third kappa shape index (κ3) is 6.82. The fraction of sp³-hybridized carbons (Fsp3) is 0.400. The predicted octanol–water partition coefficient (Wildman–Crippen LogP) is 5.01. The van der Waals surface area contributed by atoms with E-state index in [4.69, 9.17) is 14.2 Å². The highest BCUT2D eigenvalue weighted by Gasteiger charge is 2.64. The number of nitrogens with zero attached hydrogens (tertiary/aromatic N) is 3. The van der Waals surface area contributed by atoms with Crippen LogP contribution in [0.4, 0.5) is 13.2 Å². The molecule has 2 amide bonds. The number of ether oxygens (including phenoxy) is 3. The fourth-order valence-corrected chi connectivity index (χ4v) is 5.76. The Kier molecular flexibility index (Phi) is 9.61. The summed E-state index contributed by atoms with van der Waals surface area (Å²) in [7, 11) is -0.306. The van der Waals surface area contributed by atoms with Gasteiger partial charge in [-0.3, -0.25) is 20.4 Å². The average Bonchev–Trinajstić information content (AvgIpc) is 3.59. The van der Waals surface area contributed by atoms with Crippen molar-refractivity contribution in [2.75, 3.05) is 20.3 Å². The highest BCUT2D eigenvalue weighted by Crippen LogP contribution is 2.53. The van der Waals surface area contributed by atoms with E-state index in [9.17, 15) is 14.9 Å². The summed E-state index contributed by atoms with van der Waals surface area (Å²) < 4.78 is 66.5. The lowest BCUT2D eigenvalue weighted by atomic mass is 9.86. The quantitative estimate of drug-likeness (QED) is 0.118. The number of amides is 2. The average molecular weight is 645 g/mol. The van der Waals surface area contributed by atoms with Crippen LogP contribution < -0.4 is 15.6 Å². The van der Waals surface area contributed by atoms with Crippen molar-refractivity contribution < 1.29 is 37.0 Å². The summed E-state index contributed by atoms with van der Waals surface area (Å²) in [5, 5.41) is 9.64. The summed E-state index contributed by atoms with van der Waals surface area (Å²) in [6.07, 6.45) is -3.75. The Balaban J connectivity index is 2.05. The highest BCUT2D eigenvalue weighted by atomic mass is 28.3. The Morgan fingerprint density at radius 3 is 2.51 bits per heavy atom.